The number of nitrogens with zero attached hydrogens (tertiary/aromatic N) is 2. The molecule has 0 amide bonds. The number of hydrogen-bond donors (Lipinski definition) is 1. The molecule has 0 aliphatic carbocycles. The number of aryl methyl sites for hydroxylation is 2. The van der Waals surface area contributed by atoms with Gasteiger partial charge >= 0.3 is 5.97 Å². The van der Waals surface area contributed by atoms with Gasteiger partial charge in [0, 0.05) is 12.8 Å². The van der Waals surface area contributed by atoms with Gasteiger partial charge in [0.25, 0.3) is 5.82 Å². The van der Waals surface area contributed by atoms with E-state index < -0.39 is 5.97 Å². The van der Waals surface area contributed by atoms with Crippen LogP contribution in [0.4, 0.5) is 0 Å². The summed E-state index contributed by atoms with van der Waals surface area (Å²) >= 11 is 0. The van der Waals surface area contributed by atoms with Crippen LogP contribution in [0.5, 0.6) is 0 Å². The molecular formula is C18H33N2O2+. The Morgan fingerprint density at radius 3 is 2.50 bits per heavy atom. The number of unbranched alkanes of at least 4 members (excludes halogenated alkanes) is 5. The van der Waals surface area contributed by atoms with Crippen molar-refractivity contribution in [3.63, 3.8) is 0 Å². The molecule has 1 aromatic heterocycles. The van der Waals surface area contributed by atoms with Crippen molar-refractivity contribution in [2.75, 3.05) is 0 Å². The Bertz CT molecular complexity index is 427. The van der Waals surface area contributed by atoms with Gasteiger partial charge in [-0.15, -0.1) is 0 Å². The smallest absolute Gasteiger partial charge is 0.303 e. The Hall–Kier alpha value is -1.32. The van der Waals surface area contributed by atoms with Crippen LogP contribution in [-0.4, -0.2) is 15.6 Å². The number of hydrogen-bond acceptors (Lipinski definition) is 1. The highest BCUT2D eigenvalue weighted by Crippen LogP contribution is 2.09. The van der Waals surface area contributed by atoms with Gasteiger partial charge in [0.15, 0.2) is 0 Å². The molecule has 126 valence electrons. The first-order valence-corrected chi connectivity index (χ1v) is 8.98. The second-order valence-corrected chi connectivity index (χ2v) is 6.12. The summed E-state index contributed by atoms with van der Waals surface area (Å²) in [7, 11) is 0. The van der Waals surface area contributed by atoms with Gasteiger partial charge in [-0.1, -0.05) is 46.0 Å². The van der Waals surface area contributed by atoms with Crippen LogP contribution in [0.3, 0.4) is 0 Å². The molecule has 0 aromatic carbocycles. The Labute approximate surface area is 135 Å². The highest BCUT2D eigenvalue weighted by molar-refractivity contribution is 5.66. The van der Waals surface area contributed by atoms with Crippen LogP contribution in [0.1, 0.15) is 77.5 Å². The van der Waals surface area contributed by atoms with E-state index in [9.17, 15) is 4.79 Å². The number of imidazole rings is 1. The molecule has 1 heterocycles. The summed E-state index contributed by atoms with van der Waals surface area (Å²) in [6.45, 7) is 6.31. The third-order valence-electron chi connectivity index (χ3n) is 4.10. The van der Waals surface area contributed by atoms with E-state index in [1.165, 1.54) is 44.3 Å². The fourth-order valence-electron chi connectivity index (χ4n) is 2.90. The summed E-state index contributed by atoms with van der Waals surface area (Å²) in [5.41, 5.74) is 0. The first kappa shape index (κ1) is 18.7. The second kappa shape index (κ2) is 11.3. The fraction of sp³-hybridized carbons (Fsp3) is 0.778. The zero-order chi connectivity index (χ0) is 16.2. The number of aliphatic carboxylic acids is 1. The lowest BCUT2D eigenvalue weighted by Gasteiger charge is -2.05. The summed E-state index contributed by atoms with van der Waals surface area (Å²) in [6.07, 6.45) is 15.3. The zero-order valence-corrected chi connectivity index (χ0v) is 14.4. The van der Waals surface area contributed by atoms with E-state index in [2.05, 4.69) is 35.4 Å². The minimum atomic E-state index is -0.703. The van der Waals surface area contributed by atoms with E-state index in [1.807, 2.05) is 0 Å². The normalized spacial score (nSPS) is 11.0. The Morgan fingerprint density at radius 2 is 1.82 bits per heavy atom. The van der Waals surface area contributed by atoms with E-state index in [-0.39, 0.29) is 6.42 Å². The van der Waals surface area contributed by atoms with Crippen LogP contribution in [0.25, 0.3) is 0 Å². The molecule has 0 radical (unpaired) electrons. The van der Waals surface area contributed by atoms with Crippen LogP contribution < -0.4 is 4.57 Å². The molecule has 4 heteroatoms. The van der Waals surface area contributed by atoms with Gasteiger partial charge in [0.05, 0.1) is 13.1 Å². The maximum atomic E-state index is 10.7. The molecule has 0 aliphatic rings. The number of carboxylic acids is 1. The minimum absolute atomic E-state index is 0.252. The average Bonchev–Trinajstić information content (AvgIpc) is 2.85. The third kappa shape index (κ3) is 7.10. The van der Waals surface area contributed by atoms with Crippen LogP contribution >= 0.6 is 0 Å². The molecule has 4 nitrogen and oxygen atoms in total. The lowest BCUT2D eigenvalue weighted by Crippen LogP contribution is -2.37. The van der Waals surface area contributed by atoms with E-state index >= 15 is 0 Å². The van der Waals surface area contributed by atoms with Gasteiger partial charge < -0.3 is 5.11 Å². The molecule has 0 atom stereocenters. The van der Waals surface area contributed by atoms with Crippen molar-refractivity contribution in [3.05, 3.63) is 18.2 Å². The van der Waals surface area contributed by atoms with Gasteiger partial charge in [-0.05, 0) is 19.3 Å². The molecule has 0 saturated carbocycles. The molecule has 1 aromatic rings. The molecule has 0 fully saturated rings. The first-order chi connectivity index (χ1) is 10.7. The van der Waals surface area contributed by atoms with Crippen molar-refractivity contribution in [1.82, 2.24) is 4.57 Å². The summed E-state index contributed by atoms with van der Waals surface area (Å²) in [5.74, 6) is 0.661. The van der Waals surface area contributed by atoms with Crippen LogP contribution in [0.15, 0.2) is 12.4 Å². The highest BCUT2D eigenvalue weighted by atomic mass is 16.4. The van der Waals surface area contributed by atoms with E-state index in [4.69, 9.17) is 5.11 Å². The van der Waals surface area contributed by atoms with Gasteiger partial charge in [0.2, 0.25) is 0 Å². The number of rotatable bonds is 13. The summed E-state index contributed by atoms with van der Waals surface area (Å²) in [5, 5.41) is 8.78. The standard InChI is InChI=1S/C18H32N2O2/c1-3-5-6-7-8-9-11-17-19(13-4-2)15-16-20(17)14-10-12-18(21)22/h15-16H,3-14H2,1-2H3/p+1. The molecular weight excluding hydrogens is 276 g/mol. The fourth-order valence-corrected chi connectivity index (χ4v) is 2.90. The van der Waals surface area contributed by atoms with Crippen LogP contribution in [-0.2, 0) is 24.3 Å². The van der Waals surface area contributed by atoms with Gasteiger partial charge in [0.1, 0.15) is 12.4 Å². The topological polar surface area (TPSA) is 46.1 Å². The Balaban J connectivity index is 2.48. The second-order valence-electron chi connectivity index (χ2n) is 6.12. The Kier molecular flexibility index (Phi) is 9.60. The molecule has 0 unspecified atom stereocenters. The largest absolute Gasteiger partial charge is 0.481 e. The van der Waals surface area contributed by atoms with E-state index in [0.717, 1.165) is 25.9 Å². The zero-order valence-electron chi connectivity index (χ0n) is 14.4. The quantitative estimate of drug-likeness (QED) is 0.443. The molecule has 0 saturated heterocycles. The van der Waals surface area contributed by atoms with Gasteiger partial charge in [-0.25, -0.2) is 9.13 Å². The lowest BCUT2D eigenvalue weighted by molar-refractivity contribution is -0.703. The monoisotopic (exact) mass is 309 g/mol. The predicted octanol–water partition coefficient (Wildman–Crippen LogP) is 3.95. The Morgan fingerprint density at radius 1 is 1.09 bits per heavy atom. The van der Waals surface area contributed by atoms with E-state index in [0.29, 0.717) is 6.42 Å². The van der Waals surface area contributed by atoms with Crippen molar-refractivity contribution in [3.8, 4) is 0 Å². The number of carboxylic acid groups (broad SMARTS) is 1. The van der Waals surface area contributed by atoms with Crippen molar-refractivity contribution in [2.24, 2.45) is 0 Å². The summed E-state index contributed by atoms with van der Waals surface area (Å²) in [4.78, 5) is 10.7. The minimum Gasteiger partial charge on any atom is -0.481 e. The van der Waals surface area contributed by atoms with Crippen molar-refractivity contribution in [1.29, 1.82) is 0 Å². The summed E-state index contributed by atoms with van der Waals surface area (Å²) < 4.78 is 4.59. The number of aromatic nitrogens is 2. The average molecular weight is 309 g/mol. The van der Waals surface area contributed by atoms with Crippen molar-refractivity contribution < 1.29 is 14.5 Å². The SMILES string of the molecule is CCCCCCCCc1n(CCCC(=O)O)cc[n+]1CCC. The molecule has 0 aliphatic heterocycles. The molecule has 1 N–H and O–H groups in total. The predicted molar refractivity (Wildman–Crippen MR) is 88.9 cm³/mol. The van der Waals surface area contributed by atoms with Crippen molar-refractivity contribution >= 4 is 5.97 Å². The van der Waals surface area contributed by atoms with Crippen LogP contribution in [0, 0.1) is 0 Å². The van der Waals surface area contributed by atoms with Gasteiger partial charge in [-0.3, -0.25) is 4.79 Å². The van der Waals surface area contributed by atoms with Crippen molar-refractivity contribution in [2.45, 2.75) is 91.1 Å². The molecule has 0 spiro atoms. The summed E-state index contributed by atoms with van der Waals surface area (Å²) in [6, 6.07) is 0. The maximum Gasteiger partial charge on any atom is 0.303 e. The third-order valence-corrected chi connectivity index (χ3v) is 4.10. The van der Waals surface area contributed by atoms with Gasteiger partial charge in [-0.2, -0.15) is 0 Å². The van der Waals surface area contributed by atoms with Crippen LogP contribution in [0.2, 0.25) is 0 Å². The molecule has 1 rings (SSSR count). The maximum absolute atomic E-state index is 10.7. The molecule has 22 heavy (non-hydrogen) atoms. The number of carbonyl (C=O) groups is 1. The van der Waals surface area contributed by atoms with E-state index in [1.54, 1.807) is 0 Å². The highest BCUT2D eigenvalue weighted by Gasteiger charge is 2.16. The molecule has 0 bridgehead atoms. The lowest BCUT2D eigenvalue weighted by atomic mass is 10.1. The first-order valence-electron chi connectivity index (χ1n) is 8.98.